The van der Waals surface area contributed by atoms with Crippen LogP contribution in [0.5, 0.6) is 0 Å². The maximum absolute atomic E-state index is 12.6. The molecule has 2 heterocycles. The molecule has 1 aromatic heterocycles. The number of aromatic nitrogens is 3. The van der Waals surface area contributed by atoms with Gasteiger partial charge in [0, 0.05) is 10.7 Å². The lowest BCUT2D eigenvalue weighted by molar-refractivity contribution is 0.250. The molecule has 2 aromatic carbocycles. The van der Waals surface area contributed by atoms with Crippen LogP contribution in [0, 0.1) is 11.3 Å². The molecule has 7 nitrogen and oxygen atoms in total. The molecule has 0 radical (unpaired) electrons. The third kappa shape index (κ3) is 2.66. The fourth-order valence-electron chi connectivity index (χ4n) is 2.86. The Kier molecular flexibility index (Phi) is 3.82. The van der Waals surface area contributed by atoms with Gasteiger partial charge in [-0.05, 0) is 42.0 Å². The fraction of sp³-hybridized carbons (Fsp3) is 0.111. The van der Waals surface area contributed by atoms with Gasteiger partial charge >= 0.3 is 11.7 Å². The van der Waals surface area contributed by atoms with Crippen molar-refractivity contribution in [3.05, 3.63) is 81.0 Å². The Hall–Kier alpha value is -3.37. The van der Waals surface area contributed by atoms with Gasteiger partial charge in [0.15, 0.2) is 5.82 Å². The number of nitrogens with zero attached hydrogens (tertiary/aromatic N) is 5. The Bertz CT molecular complexity index is 1090. The van der Waals surface area contributed by atoms with Gasteiger partial charge in [-0.1, -0.05) is 23.7 Å². The highest BCUT2D eigenvalue weighted by atomic mass is 35.5. The van der Waals surface area contributed by atoms with Crippen molar-refractivity contribution < 1.29 is 4.79 Å². The van der Waals surface area contributed by atoms with Crippen molar-refractivity contribution >= 4 is 23.3 Å². The highest BCUT2D eigenvalue weighted by Gasteiger charge is 2.33. The third-order valence-electron chi connectivity index (χ3n) is 4.18. The molecule has 0 N–H and O–H groups in total. The Morgan fingerprint density at radius 3 is 2.38 bits per heavy atom. The molecule has 1 aliphatic heterocycles. The molecule has 3 aromatic rings. The first-order valence-electron chi connectivity index (χ1n) is 7.82. The zero-order valence-corrected chi connectivity index (χ0v) is 14.2. The zero-order chi connectivity index (χ0) is 18.3. The monoisotopic (exact) mass is 365 g/mol. The lowest BCUT2D eigenvalue weighted by Gasteiger charge is -2.14. The van der Waals surface area contributed by atoms with E-state index in [0.29, 0.717) is 22.1 Å². The van der Waals surface area contributed by atoms with E-state index in [0.717, 1.165) is 10.1 Å². The predicted octanol–water partition coefficient (Wildman–Crippen LogP) is 2.61. The van der Waals surface area contributed by atoms with Crippen molar-refractivity contribution in [2.24, 2.45) is 0 Å². The molecule has 26 heavy (non-hydrogen) atoms. The summed E-state index contributed by atoms with van der Waals surface area (Å²) in [7, 11) is 0. The second-order valence-electron chi connectivity index (χ2n) is 5.85. The molecule has 128 valence electrons. The number of benzene rings is 2. The Balaban J connectivity index is 1.61. The maximum atomic E-state index is 12.6. The molecule has 1 amide bonds. The molecule has 1 aliphatic rings. The molecule has 8 heteroatoms. The first-order valence-corrected chi connectivity index (χ1v) is 8.20. The number of hydrogen-bond donors (Lipinski definition) is 0. The summed E-state index contributed by atoms with van der Waals surface area (Å²) in [5.41, 5.74) is 1.54. The predicted molar refractivity (Wildman–Crippen MR) is 95.2 cm³/mol. The van der Waals surface area contributed by atoms with Crippen molar-refractivity contribution in [1.82, 2.24) is 14.3 Å². The van der Waals surface area contributed by atoms with E-state index in [9.17, 15) is 9.59 Å². The molecular weight excluding hydrogens is 354 g/mol. The van der Waals surface area contributed by atoms with Crippen LogP contribution in [-0.4, -0.2) is 20.4 Å². The minimum atomic E-state index is -0.481. The SMILES string of the molecule is N#Cc1ccc(Cn2nc3n(c2=O)C(=O)N(c2ccc(Cl)cc2)C3)cc1. The number of nitriles is 1. The maximum Gasteiger partial charge on any atom is 0.354 e. The van der Waals surface area contributed by atoms with Gasteiger partial charge in [-0.25, -0.2) is 14.3 Å². The average Bonchev–Trinajstić information content (AvgIpc) is 3.13. The van der Waals surface area contributed by atoms with Crippen molar-refractivity contribution in [3.8, 4) is 6.07 Å². The highest BCUT2D eigenvalue weighted by Crippen LogP contribution is 2.24. The van der Waals surface area contributed by atoms with Crippen LogP contribution in [0.2, 0.25) is 5.02 Å². The van der Waals surface area contributed by atoms with E-state index in [1.54, 1.807) is 48.5 Å². The van der Waals surface area contributed by atoms with Gasteiger partial charge < -0.3 is 0 Å². The van der Waals surface area contributed by atoms with Crippen molar-refractivity contribution in [1.29, 1.82) is 5.26 Å². The van der Waals surface area contributed by atoms with Gasteiger partial charge in [-0.2, -0.15) is 14.9 Å². The Morgan fingerprint density at radius 1 is 1.08 bits per heavy atom. The zero-order valence-electron chi connectivity index (χ0n) is 13.5. The van der Waals surface area contributed by atoms with E-state index >= 15 is 0 Å². The molecule has 0 aliphatic carbocycles. The first-order chi connectivity index (χ1) is 12.6. The van der Waals surface area contributed by atoms with Crippen LogP contribution in [0.4, 0.5) is 10.5 Å². The third-order valence-corrected chi connectivity index (χ3v) is 4.43. The van der Waals surface area contributed by atoms with E-state index < -0.39 is 11.7 Å². The minimum Gasteiger partial charge on any atom is -0.286 e. The molecule has 0 unspecified atom stereocenters. The smallest absolute Gasteiger partial charge is 0.286 e. The number of rotatable bonds is 3. The Morgan fingerprint density at radius 2 is 1.77 bits per heavy atom. The number of halogens is 1. The molecule has 0 spiro atoms. The number of carbonyl (C=O) groups excluding carboxylic acids is 1. The number of fused-ring (bicyclic) bond motifs is 1. The van der Waals surface area contributed by atoms with E-state index in [2.05, 4.69) is 5.10 Å². The summed E-state index contributed by atoms with van der Waals surface area (Å²) >= 11 is 5.87. The van der Waals surface area contributed by atoms with Crippen molar-refractivity contribution in [2.45, 2.75) is 13.1 Å². The number of hydrogen-bond acceptors (Lipinski definition) is 4. The first kappa shape index (κ1) is 16.1. The van der Waals surface area contributed by atoms with E-state index in [1.807, 2.05) is 6.07 Å². The molecular formula is C18H12ClN5O2. The van der Waals surface area contributed by atoms with Gasteiger partial charge in [0.2, 0.25) is 0 Å². The number of amides is 1. The fourth-order valence-corrected chi connectivity index (χ4v) is 2.99. The second-order valence-corrected chi connectivity index (χ2v) is 6.28. The van der Waals surface area contributed by atoms with Crippen LogP contribution in [0.1, 0.15) is 17.0 Å². The molecule has 4 rings (SSSR count). The van der Waals surface area contributed by atoms with Crippen molar-refractivity contribution in [2.75, 3.05) is 4.90 Å². The molecule has 0 bridgehead atoms. The van der Waals surface area contributed by atoms with Gasteiger partial charge in [-0.3, -0.25) is 4.90 Å². The second kappa shape index (κ2) is 6.17. The molecule has 0 saturated heterocycles. The molecule has 0 atom stereocenters. The minimum absolute atomic E-state index is 0.218. The van der Waals surface area contributed by atoms with Crippen LogP contribution in [0.25, 0.3) is 0 Å². The summed E-state index contributed by atoms with van der Waals surface area (Å²) < 4.78 is 2.34. The summed E-state index contributed by atoms with van der Waals surface area (Å²) in [5, 5.41) is 13.7. The lowest BCUT2D eigenvalue weighted by Crippen LogP contribution is -2.34. The van der Waals surface area contributed by atoms with Crippen molar-refractivity contribution in [3.63, 3.8) is 0 Å². The Labute approximate surface area is 153 Å². The van der Waals surface area contributed by atoms with E-state index in [1.165, 1.54) is 9.58 Å². The highest BCUT2D eigenvalue weighted by molar-refractivity contribution is 6.30. The van der Waals surface area contributed by atoms with E-state index in [4.69, 9.17) is 16.9 Å². The van der Waals surface area contributed by atoms with Crippen LogP contribution in [0.15, 0.2) is 53.3 Å². The molecule has 0 fully saturated rings. The normalized spacial score (nSPS) is 12.9. The van der Waals surface area contributed by atoms with Crippen LogP contribution >= 0.6 is 11.6 Å². The van der Waals surface area contributed by atoms with Gasteiger partial charge in [-0.15, -0.1) is 0 Å². The standard InChI is InChI=1S/C18H12ClN5O2/c19-14-5-7-15(8-6-14)22-11-16-21-23(18(26)24(16)17(22)25)10-13-3-1-12(9-20)2-4-13/h1-8H,10-11H2. The van der Waals surface area contributed by atoms with Crippen LogP contribution < -0.4 is 10.6 Å². The molecule has 0 saturated carbocycles. The summed E-state index contributed by atoms with van der Waals surface area (Å²) in [6.07, 6.45) is 0. The van der Waals surface area contributed by atoms with Gasteiger partial charge in [0.05, 0.1) is 24.7 Å². The average molecular weight is 366 g/mol. The summed E-state index contributed by atoms with van der Waals surface area (Å²) in [6, 6.07) is 15.3. The largest absolute Gasteiger partial charge is 0.354 e. The van der Waals surface area contributed by atoms with E-state index in [-0.39, 0.29) is 13.1 Å². The van der Waals surface area contributed by atoms with Gasteiger partial charge in [0.25, 0.3) is 0 Å². The number of anilines is 1. The summed E-state index contributed by atoms with van der Waals surface area (Å²) in [5.74, 6) is 0.392. The van der Waals surface area contributed by atoms with Crippen LogP contribution in [0.3, 0.4) is 0 Å². The van der Waals surface area contributed by atoms with Gasteiger partial charge in [0.1, 0.15) is 0 Å². The summed E-state index contributed by atoms with van der Waals surface area (Å²) in [6.45, 7) is 0.453. The number of carbonyl (C=O) groups is 1. The quantitative estimate of drug-likeness (QED) is 0.714. The lowest BCUT2D eigenvalue weighted by atomic mass is 10.1. The summed E-state index contributed by atoms with van der Waals surface area (Å²) in [4.78, 5) is 26.7. The topological polar surface area (TPSA) is 83.9 Å². The van der Waals surface area contributed by atoms with Crippen LogP contribution in [-0.2, 0) is 13.1 Å².